The van der Waals surface area contributed by atoms with Crippen LogP contribution in [0.4, 0.5) is 0 Å². The van der Waals surface area contributed by atoms with Crippen molar-refractivity contribution < 1.29 is 4.79 Å². The van der Waals surface area contributed by atoms with Crippen LogP contribution >= 0.6 is 11.3 Å². The summed E-state index contributed by atoms with van der Waals surface area (Å²) in [5.74, 6) is 2.98. The average molecular weight is 314 g/mol. The van der Waals surface area contributed by atoms with Gasteiger partial charge in [-0.2, -0.15) is 4.99 Å². The summed E-state index contributed by atoms with van der Waals surface area (Å²) in [6.45, 7) is 10.4. The lowest BCUT2D eigenvalue weighted by Crippen LogP contribution is -2.23. The number of hydrogen-bond donors (Lipinski definition) is 0. The number of amides is 1. The van der Waals surface area contributed by atoms with E-state index < -0.39 is 5.41 Å². The highest BCUT2D eigenvalue weighted by molar-refractivity contribution is 7.16. The van der Waals surface area contributed by atoms with Crippen LogP contribution in [0.1, 0.15) is 46.1 Å². The summed E-state index contributed by atoms with van der Waals surface area (Å²) in [5, 5.41) is 0. The Labute approximate surface area is 135 Å². The molecule has 0 aliphatic rings. The fraction of sp³-hybridized carbons (Fsp3) is 0.444. The van der Waals surface area contributed by atoms with Gasteiger partial charge in [0, 0.05) is 5.41 Å². The van der Waals surface area contributed by atoms with Gasteiger partial charge >= 0.3 is 0 Å². The molecule has 22 heavy (non-hydrogen) atoms. The van der Waals surface area contributed by atoms with E-state index >= 15 is 0 Å². The quantitative estimate of drug-likeness (QED) is 0.773. The molecular formula is C18H22N2OS. The van der Waals surface area contributed by atoms with Gasteiger partial charge in [0.1, 0.15) is 0 Å². The van der Waals surface area contributed by atoms with Gasteiger partial charge in [0.2, 0.25) is 0 Å². The predicted molar refractivity (Wildman–Crippen MR) is 92.8 cm³/mol. The van der Waals surface area contributed by atoms with E-state index in [0.29, 0.717) is 17.3 Å². The minimum absolute atomic E-state index is 0.131. The molecule has 0 spiro atoms. The SMILES string of the molecule is C#CCn1c(=NC(=O)C(C)(C)C)sc2cc(C(C)C)ccc21. The molecule has 0 atom stereocenters. The second-order valence-electron chi connectivity index (χ2n) is 6.72. The van der Waals surface area contributed by atoms with E-state index in [1.165, 1.54) is 16.9 Å². The molecule has 3 nitrogen and oxygen atoms in total. The van der Waals surface area contributed by atoms with Crippen LogP contribution in [0.2, 0.25) is 0 Å². The van der Waals surface area contributed by atoms with Gasteiger partial charge in [-0.25, -0.2) is 0 Å². The van der Waals surface area contributed by atoms with Crippen molar-refractivity contribution in [3.8, 4) is 12.3 Å². The lowest BCUT2D eigenvalue weighted by molar-refractivity contribution is -0.125. The van der Waals surface area contributed by atoms with Gasteiger partial charge < -0.3 is 4.57 Å². The number of rotatable bonds is 2. The van der Waals surface area contributed by atoms with Crippen molar-refractivity contribution in [2.75, 3.05) is 0 Å². The maximum absolute atomic E-state index is 12.2. The molecule has 0 saturated carbocycles. The minimum Gasteiger partial charge on any atom is -0.305 e. The fourth-order valence-electron chi connectivity index (χ4n) is 2.03. The van der Waals surface area contributed by atoms with E-state index in [1.807, 2.05) is 25.3 Å². The molecule has 0 aliphatic carbocycles. The number of terminal acetylenes is 1. The second-order valence-corrected chi connectivity index (χ2v) is 7.73. The molecule has 0 fully saturated rings. The zero-order valence-electron chi connectivity index (χ0n) is 13.8. The number of carbonyl (C=O) groups excluding carboxylic acids is 1. The molecule has 1 aromatic carbocycles. The van der Waals surface area contributed by atoms with Crippen molar-refractivity contribution in [2.45, 2.75) is 47.1 Å². The molecule has 1 amide bonds. The number of carbonyl (C=O) groups is 1. The smallest absolute Gasteiger partial charge is 0.253 e. The lowest BCUT2D eigenvalue weighted by atomic mass is 9.96. The van der Waals surface area contributed by atoms with Crippen LogP contribution in [-0.4, -0.2) is 10.5 Å². The number of fused-ring (bicyclic) bond motifs is 1. The van der Waals surface area contributed by atoms with Crippen molar-refractivity contribution in [3.63, 3.8) is 0 Å². The van der Waals surface area contributed by atoms with Gasteiger partial charge in [-0.3, -0.25) is 4.79 Å². The van der Waals surface area contributed by atoms with Crippen LogP contribution in [0.25, 0.3) is 10.2 Å². The van der Waals surface area contributed by atoms with Gasteiger partial charge in [-0.15, -0.1) is 6.42 Å². The zero-order valence-corrected chi connectivity index (χ0v) is 14.6. The highest BCUT2D eigenvalue weighted by atomic mass is 32.1. The fourth-order valence-corrected chi connectivity index (χ4v) is 3.11. The van der Waals surface area contributed by atoms with Gasteiger partial charge in [0.15, 0.2) is 4.80 Å². The molecule has 2 rings (SSSR count). The molecule has 4 heteroatoms. The molecule has 116 valence electrons. The van der Waals surface area contributed by atoms with E-state index in [1.54, 1.807) is 0 Å². The molecule has 0 aliphatic heterocycles. The summed E-state index contributed by atoms with van der Waals surface area (Å²) in [7, 11) is 0. The minimum atomic E-state index is -0.493. The van der Waals surface area contributed by atoms with Crippen LogP contribution in [-0.2, 0) is 11.3 Å². The summed E-state index contributed by atoms with van der Waals surface area (Å²) in [5.41, 5.74) is 1.82. The molecule has 0 radical (unpaired) electrons. The standard InChI is InChI=1S/C18H22N2OS/c1-7-10-20-14-9-8-13(12(2)3)11-15(14)22-17(20)19-16(21)18(4,5)6/h1,8-9,11-12H,10H2,2-6H3. The third-order valence-electron chi connectivity index (χ3n) is 3.46. The Morgan fingerprint density at radius 3 is 2.64 bits per heavy atom. The number of thiazole rings is 1. The Balaban J connectivity index is 2.68. The third-order valence-corrected chi connectivity index (χ3v) is 4.50. The molecular weight excluding hydrogens is 292 g/mol. The Hall–Kier alpha value is -1.86. The van der Waals surface area contributed by atoms with Crippen LogP contribution in [0.3, 0.4) is 0 Å². The van der Waals surface area contributed by atoms with Crippen molar-refractivity contribution in [3.05, 3.63) is 28.6 Å². The first-order valence-electron chi connectivity index (χ1n) is 7.40. The number of aromatic nitrogens is 1. The Bertz CT molecular complexity index is 810. The summed E-state index contributed by atoms with van der Waals surface area (Å²) in [6.07, 6.45) is 5.48. The molecule has 1 heterocycles. The number of nitrogens with zero attached hydrogens (tertiary/aromatic N) is 2. The van der Waals surface area contributed by atoms with E-state index in [9.17, 15) is 4.79 Å². The zero-order chi connectivity index (χ0) is 16.5. The predicted octanol–water partition coefficient (Wildman–Crippen LogP) is 3.93. The Morgan fingerprint density at radius 1 is 1.41 bits per heavy atom. The van der Waals surface area contributed by atoms with Crippen molar-refractivity contribution in [1.82, 2.24) is 4.57 Å². The second kappa shape index (κ2) is 6.10. The number of benzene rings is 1. The van der Waals surface area contributed by atoms with Crippen LogP contribution in [0.15, 0.2) is 23.2 Å². The first-order chi connectivity index (χ1) is 10.2. The normalized spacial score (nSPS) is 12.9. The van der Waals surface area contributed by atoms with Crippen LogP contribution < -0.4 is 4.80 Å². The average Bonchev–Trinajstić information content (AvgIpc) is 2.75. The third kappa shape index (κ3) is 3.31. The monoisotopic (exact) mass is 314 g/mol. The Morgan fingerprint density at radius 2 is 2.09 bits per heavy atom. The first kappa shape index (κ1) is 16.5. The number of hydrogen-bond acceptors (Lipinski definition) is 2. The molecule has 0 N–H and O–H groups in total. The summed E-state index contributed by atoms with van der Waals surface area (Å²) < 4.78 is 3.05. The van der Waals surface area contributed by atoms with Crippen LogP contribution in [0, 0.1) is 17.8 Å². The maximum Gasteiger partial charge on any atom is 0.253 e. The molecule has 2 aromatic rings. The van der Waals surface area contributed by atoms with Gasteiger partial charge in [-0.1, -0.05) is 57.9 Å². The largest absolute Gasteiger partial charge is 0.305 e. The highest BCUT2D eigenvalue weighted by Crippen LogP contribution is 2.24. The summed E-state index contributed by atoms with van der Waals surface area (Å²) >= 11 is 1.52. The topological polar surface area (TPSA) is 34.4 Å². The molecule has 0 saturated heterocycles. The van der Waals surface area contributed by atoms with Crippen LogP contribution in [0.5, 0.6) is 0 Å². The van der Waals surface area contributed by atoms with Crippen molar-refractivity contribution >= 4 is 27.5 Å². The highest BCUT2D eigenvalue weighted by Gasteiger charge is 2.21. The van der Waals surface area contributed by atoms with E-state index in [-0.39, 0.29) is 5.91 Å². The summed E-state index contributed by atoms with van der Waals surface area (Å²) in [6, 6.07) is 6.35. The van der Waals surface area contributed by atoms with Crippen molar-refractivity contribution in [2.24, 2.45) is 10.4 Å². The first-order valence-corrected chi connectivity index (χ1v) is 8.21. The Kier molecular flexibility index (Phi) is 4.58. The van der Waals surface area contributed by atoms with Gasteiger partial charge in [-0.05, 0) is 23.6 Å². The lowest BCUT2D eigenvalue weighted by Gasteiger charge is -2.11. The van der Waals surface area contributed by atoms with E-state index in [0.717, 1.165) is 10.2 Å². The van der Waals surface area contributed by atoms with Gasteiger partial charge in [0.05, 0.1) is 16.8 Å². The van der Waals surface area contributed by atoms with E-state index in [4.69, 9.17) is 6.42 Å². The summed E-state index contributed by atoms with van der Waals surface area (Å²) in [4.78, 5) is 17.2. The maximum atomic E-state index is 12.2. The van der Waals surface area contributed by atoms with Gasteiger partial charge in [0.25, 0.3) is 5.91 Å². The molecule has 1 aromatic heterocycles. The molecule has 0 unspecified atom stereocenters. The van der Waals surface area contributed by atoms with Crippen molar-refractivity contribution in [1.29, 1.82) is 0 Å². The molecule has 0 bridgehead atoms. The van der Waals surface area contributed by atoms with E-state index in [2.05, 4.69) is 43.0 Å².